The maximum absolute atomic E-state index is 11.7. The SMILES string of the molecule is CCOC(=O)CSc1nc(SC)nc2sc3c(c12)CCN(C)C3. The van der Waals surface area contributed by atoms with Gasteiger partial charge in [0, 0.05) is 23.4 Å². The Bertz CT molecular complexity index is 732. The lowest BCUT2D eigenvalue weighted by molar-refractivity contribution is -0.139. The van der Waals surface area contributed by atoms with Gasteiger partial charge >= 0.3 is 5.97 Å². The molecular formula is C15H19N3O2S3. The highest BCUT2D eigenvalue weighted by atomic mass is 32.2. The predicted octanol–water partition coefficient (Wildman–Crippen LogP) is 3.06. The smallest absolute Gasteiger partial charge is 0.316 e. The van der Waals surface area contributed by atoms with Gasteiger partial charge in [0.05, 0.1) is 12.4 Å². The third-order valence-electron chi connectivity index (χ3n) is 3.65. The van der Waals surface area contributed by atoms with Gasteiger partial charge in [-0.1, -0.05) is 23.5 Å². The van der Waals surface area contributed by atoms with E-state index in [1.807, 2.05) is 13.2 Å². The summed E-state index contributed by atoms with van der Waals surface area (Å²) in [6.07, 6.45) is 2.99. The molecule has 1 aliphatic rings. The number of thioether (sulfide) groups is 2. The van der Waals surface area contributed by atoms with E-state index in [0.717, 1.165) is 39.9 Å². The number of rotatable bonds is 5. The first-order chi connectivity index (χ1) is 11.1. The Hall–Kier alpha value is -0.830. The van der Waals surface area contributed by atoms with Crippen LogP contribution in [0.15, 0.2) is 10.2 Å². The summed E-state index contributed by atoms with van der Waals surface area (Å²) in [6.45, 7) is 4.25. The molecular weight excluding hydrogens is 350 g/mol. The van der Waals surface area contributed by atoms with Crippen molar-refractivity contribution < 1.29 is 9.53 Å². The van der Waals surface area contributed by atoms with Crippen molar-refractivity contribution in [2.75, 3.05) is 32.2 Å². The van der Waals surface area contributed by atoms with Crippen LogP contribution in [-0.4, -0.2) is 53.0 Å². The summed E-state index contributed by atoms with van der Waals surface area (Å²) in [5, 5.41) is 2.82. The van der Waals surface area contributed by atoms with Crippen molar-refractivity contribution in [3.8, 4) is 0 Å². The number of ether oxygens (including phenoxy) is 1. The molecule has 0 aromatic carbocycles. The van der Waals surface area contributed by atoms with Crippen LogP contribution in [0.25, 0.3) is 10.2 Å². The Kier molecular flexibility index (Phi) is 5.45. The van der Waals surface area contributed by atoms with Crippen LogP contribution >= 0.6 is 34.9 Å². The van der Waals surface area contributed by atoms with E-state index >= 15 is 0 Å². The molecule has 0 amide bonds. The first kappa shape index (κ1) is 17.0. The molecule has 0 N–H and O–H groups in total. The van der Waals surface area contributed by atoms with E-state index in [2.05, 4.69) is 21.9 Å². The molecule has 0 saturated heterocycles. The summed E-state index contributed by atoms with van der Waals surface area (Å²) in [7, 11) is 2.14. The maximum atomic E-state index is 11.7. The molecule has 0 radical (unpaired) electrons. The zero-order valence-electron chi connectivity index (χ0n) is 13.4. The summed E-state index contributed by atoms with van der Waals surface area (Å²) in [4.78, 5) is 25.7. The quantitative estimate of drug-likeness (QED) is 0.347. The van der Waals surface area contributed by atoms with Crippen molar-refractivity contribution >= 4 is 51.0 Å². The lowest BCUT2D eigenvalue weighted by atomic mass is 10.1. The molecule has 0 atom stereocenters. The predicted molar refractivity (Wildman–Crippen MR) is 96.6 cm³/mol. The lowest BCUT2D eigenvalue weighted by Crippen LogP contribution is -2.25. The zero-order chi connectivity index (χ0) is 16.4. The number of aromatic nitrogens is 2. The average Bonchev–Trinajstić information content (AvgIpc) is 2.89. The van der Waals surface area contributed by atoms with Gasteiger partial charge < -0.3 is 9.64 Å². The van der Waals surface area contributed by atoms with E-state index in [-0.39, 0.29) is 11.7 Å². The number of likely N-dealkylation sites (N-methyl/N-ethyl adjacent to an activating group) is 1. The monoisotopic (exact) mass is 369 g/mol. The number of thiophene rings is 1. The molecule has 0 fully saturated rings. The molecule has 0 aliphatic carbocycles. The van der Waals surface area contributed by atoms with Gasteiger partial charge in [-0.15, -0.1) is 11.3 Å². The molecule has 5 nitrogen and oxygen atoms in total. The van der Waals surface area contributed by atoms with Gasteiger partial charge in [0.25, 0.3) is 0 Å². The minimum Gasteiger partial charge on any atom is -0.465 e. The standard InChI is InChI=1S/C15H19N3O2S3/c1-4-20-11(19)8-22-13-12-9-5-6-18(2)7-10(9)23-14(12)17-15(16-13)21-3/h4-8H2,1-3H3. The van der Waals surface area contributed by atoms with Crippen LogP contribution in [0.2, 0.25) is 0 Å². The number of nitrogens with zero attached hydrogens (tertiary/aromatic N) is 3. The van der Waals surface area contributed by atoms with Gasteiger partial charge in [-0.2, -0.15) is 0 Å². The van der Waals surface area contributed by atoms with Gasteiger partial charge in [-0.25, -0.2) is 9.97 Å². The van der Waals surface area contributed by atoms with E-state index in [4.69, 9.17) is 4.74 Å². The second kappa shape index (κ2) is 7.38. The third kappa shape index (κ3) is 3.65. The van der Waals surface area contributed by atoms with Crippen LogP contribution in [0.4, 0.5) is 0 Å². The number of carbonyl (C=O) groups is 1. The fraction of sp³-hybridized carbons (Fsp3) is 0.533. The second-order valence-corrected chi connectivity index (χ2v) is 8.10. The average molecular weight is 370 g/mol. The summed E-state index contributed by atoms with van der Waals surface area (Å²) in [6, 6.07) is 0. The molecule has 0 bridgehead atoms. The van der Waals surface area contributed by atoms with Crippen LogP contribution < -0.4 is 0 Å². The van der Waals surface area contributed by atoms with Crippen LogP contribution in [0, 0.1) is 0 Å². The first-order valence-electron chi connectivity index (χ1n) is 7.45. The third-order valence-corrected chi connectivity index (χ3v) is 6.26. The number of hydrogen-bond donors (Lipinski definition) is 0. The fourth-order valence-corrected chi connectivity index (χ4v) is 5.29. The minimum atomic E-state index is -0.196. The molecule has 2 aromatic heterocycles. The Morgan fingerprint density at radius 3 is 3.00 bits per heavy atom. The van der Waals surface area contributed by atoms with Crippen molar-refractivity contribution in [3.05, 3.63) is 10.4 Å². The molecule has 0 saturated carbocycles. The van der Waals surface area contributed by atoms with Crippen LogP contribution in [0.3, 0.4) is 0 Å². The van der Waals surface area contributed by atoms with Gasteiger partial charge in [0.1, 0.15) is 9.86 Å². The topological polar surface area (TPSA) is 55.3 Å². The number of carbonyl (C=O) groups excluding carboxylic acids is 1. The Morgan fingerprint density at radius 1 is 1.43 bits per heavy atom. The lowest BCUT2D eigenvalue weighted by Gasteiger charge is -2.22. The summed E-state index contributed by atoms with van der Waals surface area (Å²) >= 11 is 4.75. The van der Waals surface area contributed by atoms with Crippen LogP contribution in [0.5, 0.6) is 0 Å². The van der Waals surface area contributed by atoms with E-state index < -0.39 is 0 Å². The highest BCUT2D eigenvalue weighted by Gasteiger charge is 2.23. The molecule has 3 heterocycles. The van der Waals surface area contributed by atoms with Crippen molar-refractivity contribution in [1.29, 1.82) is 0 Å². The maximum Gasteiger partial charge on any atom is 0.316 e. The van der Waals surface area contributed by atoms with Gasteiger partial charge in [0.2, 0.25) is 0 Å². The van der Waals surface area contributed by atoms with E-state index in [1.54, 1.807) is 11.3 Å². The zero-order valence-corrected chi connectivity index (χ0v) is 15.9. The van der Waals surface area contributed by atoms with E-state index in [1.165, 1.54) is 34.0 Å². The molecule has 23 heavy (non-hydrogen) atoms. The molecule has 8 heteroatoms. The highest BCUT2D eigenvalue weighted by molar-refractivity contribution is 8.00. The second-order valence-electron chi connectivity index (χ2n) is 5.28. The molecule has 0 spiro atoms. The number of hydrogen-bond acceptors (Lipinski definition) is 8. The summed E-state index contributed by atoms with van der Waals surface area (Å²) in [5.74, 6) is 0.0944. The van der Waals surface area contributed by atoms with Gasteiger partial charge in [0.15, 0.2) is 5.16 Å². The molecule has 2 aromatic rings. The Labute approximate surface area is 148 Å². The normalized spacial score (nSPS) is 14.9. The molecule has 1 aliphatic heterocycles. The van der Waals surface area contributed by atoms with E-state index in [0.29, 0.717) is 6.61 Å². The first-order valence-corrected chi connectivity index (χ1v) is 10.5. The molecule has 0 unspecified atom stereocenters. The van der Waals surface area contributed by atoms with Crippen molar-refractivity contribution in [2.24, 2.45) is 0 Å². The van der Waals surface area contributed by atoms with Gasteiger partial charge in [-0.3, -0.25) is 4.79 Å². The Morgan fingerprint density at radius 2 is 2.26 bits per heavy atom. The molecule has 124 valence electrons. The largest absolute Gasteiger partial charge is 0.465 e. The minimum absolute atomic E-state index is 0.196. The van der Waals surface area contributed by atoms with Crippen molar-refractivity contribution in [3.63, 3.8) is 0 Å². The molecule has 3 rings (SSSR count). The van der Waals surface area contributed by atoms with Gasteiger partial charge in [-0.05, 0) is 32.2 Å². The van der Waals surface area contributed by atoms with Crippen molar-refractivity contribution in [2.45, 2.75) is 30.1 Å². The number of esters is 1. The number of fused-ring (bicyclic) bond motifs is 3. The van der Waals surface area contributed by atoms with Crippen LogP contribution in [-0.2, 0) is 22.5 Å². The summed E-state index contributed by atoms with van der Waals surface area (Å²) < 4.78 is 5.03. The summed E-state index contributed by atoms with van der Waals surface area (Å²) in [5.41, 5.74) is 1.36. The fourth-order valence-electron chi connectivity index (χ4n) is 2.60. The highest BCUT2D eigenvalue weighted by Crippen LogP contribution is 2.39. The Balaban J connectivity index is 1.99. The van der Waals surface area contributed by atoms with Crippen molar-refractivity contribution in [1.82, 2.24) is 14.9 Å². The van der Waals surface area contributed by atoms with Crippen LogP contribution in [0.1, 0.15) is 17.4 Å². The van der Waals surface area contributed by atoms with E-state index in [9.17, 15) is 4.79 Å².